The quantitative estimate of drug-likeness (QED) is 0.837. The summed E-state index contributed by atoms with van der Waals surface area (Å²) in [5.74, 6) is -1.76. The van der Waals surface area contributed by atoms with E-state index in [1.807, 2.05) is 0 Å². The van der Waals surface area contributed by atoms with E-state index in [0.717, 1.165) is 6.07 Å². The lowest BCUT2D eigenvalue weighted by molar-refractivity contribution is 0.0696. The zero-order chi connectivity index (χ0) is 11.5. The van der Waals surface area contributed by atoms with Crippen LogP contribution in [-0.4, -0.2) is 21.0 Å². The summed E-state index contributed by atoms with van der Waals surface area (Å²) in [6.07, 6.45) is 4.27. The van der Waals surface area contributed by atoms with Gasteiger partial charge in [0.25, 0.3) is 0 Å². The van der Waals surface area contributed by atoms with Crippen LogP contribution in [0.2, 0.25) is 0 Å². The van der Waals surface area contributed by atoms with E-state index < -0.39 is 11.8 Å². The van der Waals surface area contributed by atoms with Crippen LogP contribution >= 0.6 is 0 Å². The number of carboxylic acid groups (broad SMARTS) is 1. The van der Waals surface area contributed by atoms with Gasteiger partial charge in [0.2, 0.25) is 0 Å². The van der Waals surface area contributed by atoms with Gasteiger partial charge in [0.15, 0.2) is 0 Å². The molecule has 1 aromatic carbocycles. The lowest BCUT2D eigenvalue weighted by Gasteiger charge is -2.03. The van der Waals surface area contributed by atoms with E-state index in [1.165, 1.54) is 30.9 Å². The highest BCUT2D eigenvalue weighted by Gasteiger charge is 2.09. The third-order valence-corrected chi connectivity index (χ3v) is 2.09. The molecule has 0 aliphatic carbocycles. The molecule has 16 heavy (non-hydrogen) atoms. The van der Waals surface area contributed by atoms with Gasteiger partial charge in [-0.25, -0.2) is 19.2 Å². The monoisotopic (exact) mass is 218 g/mol. The molecule has 0 spiro atoms. The van der Waals surface area contributed by atoms with Crippen molar-refractivity contribution in [3.63, 3.8) is 0 Å². The SMILES string of the molecule is O=C(O)c1ccc(-c2cncnc2)c(F)c1. The molecule has 80 valence electrons. The van der Waals surface area contributed by atoms with Crippen LogP contribution in [0, 0.1) is 5.82 Å². The topological polar surface area (TPSA) is 63.1 Å². The van der Waals surface area contributed by atoms with Crippen LogP contribution in [0.3, 0.4) is 0 Å². The zero-order valence-corrected chi connectivity index (χ0v) is 8.09. The van der Waals surface area contributed by atoms with Crippen molar-refractivity contribution in [3.05, 3.63) is 48.3 Å². The van der Waals surface area contributed by atoms with Crippen molar-refractivity contribution in [3.8, 4) is 11.1 Å². The number of carboxylic acids is 1. The first-order chi connectivity index (χ1) is 7.68. The molecule has 0 aliphatic heterocycles. The van der Waals surface area contributed by atoms with Gasteiger partial charge in [-0.15, -0.1) is 0 Å². The Morgan fingerprint density at radius 3 is 2.50 bits per heavy atom. The molecular formula is C11H7FN2O2. The molecule has 1 aromatic heterocycles. The molecule has 1 heterocycles. The van der Waals surface area contributed by atoms with Crippen molar-refractivity contribution in [2.45, 2.75) is 0 Å². The molecule has 0 aliphatic rings. The Bertz CT molecular complexity index is 529. The normalized spacial score (nSPS) is 10.1. The summed E-state index contributed by atoms with van der Waals surface area (Å²) in [4.78, 5) is 18.1. The number of hydrogen-bond donors (Lipinski definition) is 1. The Morgan fingerprint density at radius 1 is 1.25 bits per heavy atom. The van der Waals surface area contributed by atoms with Gasteiger partial charge >= 0.3 is 5.97 Å². The van der Waals surface area contributed by atoms with Gasteiger partial charge in [0.05, 0.1) is 5.56 Å². The first-order valence-electron chi connectivity index (χ1n) is 4.46. The van der Waals surface area contributed by atoms with Crippen molar-refractivity contribution >= 4 is 5.97 Å². The molecule has 0 amide bonds. The van der Waals surface area contributed by atoms with E-state index in [4.69, 9.17) is 5.11 Å². The fraction of sp³-hybridized carbons (Fsp3) is 0. The highest BCUT2D eigenvalue weighted by Crippen LogP contribution is 2.21. The van der Waals surface area contributed by atoms with Crippen LogP contribution in [0.4, 0.5) is 4.39 Å². The molecule has 0 unspecified atom stereocenters. The molecular weight excluding hydrogens is 211 g/mol. The third kappa shape index (κ3) is 1.88. The van der Waals surface area contributed by atoms with E-state index >= 15 is 0 Å². The summed E-state index contributed by atoms with van der Waals surface area (Å²) in [5.41, 5.74) is 0.709. The van der Waals surface area contributed by atoms with E-state index in [9.17, 15) is 9.18 Å². The van der Waals surface area contributed by atoms with E-state index in [-0.39, 0.29) is 11.1 Å². The Hall–Kier alpha value is -2.30. The first-order valence-corrected chi connectivity index (χ1v) is 4.46. The maximum atomic E-state index is 13.6. The smallest absolute Gasteiger partial charge is 0.335 e. The van der Waals surface area contributed by atoms with Crippen molar-refractivity contribution in [2.24, 2.45) is 0 Å². The highest BCUT2D eigenvalue weighted by atomic mass is 19.1. The molecule has 0 fully saturated rings. The number of nitrogens with zero attached hydrogens (tertiary/aromatic N) is 2. The second-order valence-electron chi connectivity index (χ2n) is 3.13. The van der Waals surface area contributed by atoms with Crippen molar-refractivity contribution < 1.29 is 14.3 Å². The van der Waals surface area contributed by atoms with E-state index in [1.54, 1.807) is 0 Å². The number of halogens is 1. The second kappa shape index (κ2) is 4.06. The van der Waals surface area contributed by atoms with Gasteiger partial charge in [-0.2, -0.15) is 0 Å². The van der Waals surface area contributed by atoms with Crippen molar-refractivity contribution in [1.29, 1.82) is 0 Å². The predicted molar refractivity (Wildman–Crippen MR) is 54.4 cm³/mol. The molecule has 0 bridgehead atoms. The molecule has 5 heteroatoms. The van der Waals surface area contributed by atoms with Crippen LogP contribution in [0.15, 0.2) is 36.9 Å². The summed E-state index contributed by atoms with van der Waals surface area (Å²) >= 11 is 0. The molecule has 2 aromatic rings. The standard InChI is InChI=1S/C11H7FN2O2/c12-10-3-7(11(15)16)1-2-9(10)8-4-13-6-14-5-8/h1-6H,(H,15,16). The van der Waals surface area contributed by atoms with Gasteiger partial charge in [-0.1, -0.05) is 6.07 Å². The van der Waals surface area contributed by atoms with E-state index in [0.29, 0.717) is 5.56 Å². The zero-order valence-electron chi connectivity index (χ0n) is 8.09. The lowest BCUT2D eigenvalue weighted by atomic mass is 10.1. The Labute approximate surface area is 90.4 Å². The van der Waals surface area contributed by atoms with Crippen LogP contribution in [0.1, 0.15) is 10.4 Å². The maximum absolute atomic E-state index is 13.6. The number of rotatable bonds is 2. The van der Waals surface area contributed by atoms with Gasteiger partial charge in [-0.05, 0) is 12.1 Å². The fourth-order valence-corrected chi connectivity index (χ4v) is 1.32. The Morgan fingerprint density at radius 2 is 1.94 bits per heavy atom. The van der Waals surface area contributed by atoms with Crippen LogP contribution < -0.4 is 0 Å². The molecule has 0 saturated carbocycles. The summed E-state index contributed by atoms with van der Waals surface area (Å²) in [7, 11) is 0. The summed E-state index contributed by atoms with van der Waals surface area (Å²) in [6.45, 7) is 0. The maximum Gasteiger partial charge on any atom is 0.335 e. The number of hydrogen-bond acceptors (Lipinski definition) is 3. The van der Waals surface area contributed by atoms with Crippen LogP contribution in [-0.2, 0) is 0 Å². The molecule has 1 N–H and O–H groups in total. The van der Waals surface area contributed by atoms with Crippen molar-refractivity contribution in [1.82, 2.24) is 9.97 Å². The molecule has 2 rings (SSSR count). The fourth-order valence-electron chi connectivity index (χ4n) is 1.32. The molecule has 4 nitrogen and oxygen atoms in total. The van der Waals surface area contributed by atoms with Crippen LogP contribution in [0.5, 0.6) is 0 Å². The average molecular weight is 218 g/mol. The van der Waals surface area contributed by atoms with Gasteiger partial charge in [-0.3, -0.25) is 0 Å². The van der Waals surface area contributed by atoms with E-state index in [2.05, 4.69) is 9.97 Å². The third-order valence-electron chi connectivity index (χ3n) is 2.09. The molecule has 0 radical (unpaired) electrons. The number of aromatic nitrogens is 2. The largest absolute Gasteiger partial charge is 0.478 e. The van der Waals surface area contributed by atoms with Crippen LogP contribution in [0.25, 0.3) is 11.1 Å². The number of carbonyl (C=O) groups is 1. The lowest BCUT2D eigenvalue weighted by Crippen LogP contribution is -1.97. The molecule has 0 atom stereocenters. The second-order valence-corrected chi connectivity index (χ2v) is 3.13. The minimum absolute atomic E-state index is 0.0851. The number of aromatic carboxylic acids is 1. The van der Waals surface area contributed by atoms with Gasteiger partial charge in [0.1, 0.15) is 12.1 Å². The highest BCUT2D eigenvalue weighted by molar-refractivity contribution is 5.88. The Balaban J connectivity index is 2.48. The van der Waals surface area contributed by atoms with Gasteiger partial charge in [0, 0.05) is 23.5 Å². The van der Waals surface area contributed by atoms with Gasteiger partial charge < -0.3 is 5.11 Å². The average Bonchev–Trinajstić information content (AvgIpc) is 2.30. The minimum atomic E-state index is -1.16. The summed E-state index contributed by atoms with van der Waals surface area (Å²) < 4.78 is 13.6. The Kier molecular flexibility index (Phi) is 2.59. The summed E-state index contributed by atoms with van der Waals surface area (Å²) in [6, 6.07) is 3.72. The first kappa shape index (κ1) is 10.2. The molecule has 0 saturated heterocycles. The minimum Gasteiger partial charge on any atom is -0.478 e. The van der Waals surface area contributed by atoms with Crippen molar-refractivity contribution in [2.75, 3.05) is 0 Å². The predicted octanol–water partition coefficient (Wildman–Crippen LogP) is 1.98. The number of benzene rings is 1. The summed E-state index contributed by atoms with van der Waals surface area (Å²) in [5, 5.41) is 8.68.